The second-order valence-electron chi connectivity index (χ2n) is 6.61. The molecule has 0 saturated heterocycles. The van der Waals surface area contributed by atoms with E-state index in [0.29, 0.717) is 23.5 Å². The molecule has 3 aromatic rings. The summed E-state index contributed by atoms with van der Waals surface area (Å²) < 4.78 is 6.15. The second-order valence-corrected chi connectivity index (χ2v) is 6.61. The first-order valence-electron chi connectivity index (χ1n) is 9.15. The number of hydrogen-bond donors (Lipinski definition) is 1. The first kappa shape index (κ1) is 17.8. The van der Waals surface area contributed by atoms with E-state index >= 15 is 0 Å². The van der Waals surface area contributed by atoms with Crippen molar-refractivity contribution in [3.63, 3.8) is 0 Å². The summed E-state index contributed by atoms with van der Waals surface area (Å²) in [6, 6.07) is 26.1. The first-order chi connectivity index (χ1) is 13.7. The molecule has 28 heavy (non-hydrogen) atoms. The zero-order chi connectivity index (χ0) is 19.3. The van der Waals surface area contributed by atoms with Crippen molar-refractivity contribution in [2.45, 2.75) is 6.10 Å². The van der Waals surface area contributed by atoms with Gasteiger partial charge in [-0.25, -0.2) is 0 Å². The summed E-state index contributed by atoms with van der Waals surface area (Å²) in [5, 5.41) is 2.84. The number of anilines is 1. The van der Waals surface area contributed by atoms with Crippen LogP contribution < -0.4 is 10.1 Å². The SMILES string of the molecule is O=C(CN1C[C@@H](c2ccccc2)Oc2ccccc2C1=O)Nc1ccccc1. The smallest absolute Gasteiger partial charge is 0.258 e. The van der Waals surface area contributed by atoms with Crippen LogP contribution in [0.5, 0.6) is 5.75 Å². The number of nitrogens with one attached hydrogen (secondary N) is 1. The molecule has 1 aliphatic rings. The zero-order valence-electron chi connectivity index (χ0n) is 15.2. The summed E-state index contributed by atoms with van der Waals surface area (Å²) >= 11 is 0. The van der Waals surface area contributed by atoms with Crippen LogP contribution in [0.3, 0.4) is 0 Å². The van der Waals surface area contributed by atoms with Crippen LogP contribution >= 0.6 is 0 Å². The fraction of sp³-hybridized carbons (Fsp3) is 0.130. The number of para-hydroxylation sites is 2. The third kappa shape index (κ3) is 3.88. The molecule has 0 aliphatic carbocycles. The lowest BCUT2D eigenvalue weighted by Gasteiger charge is -2.24. The molecule has 1 heterocycles. The summed E-state index contributed by atoms with van der Waals surface area (Å²) in [6.07, 6.45) is -0.349. The van der Waals surface area contributed by atoms with Gasteiger partial charge in [0.1, 0.15) is 18.4 Å². The minimum absolute atomic E-state index is 0.0469. The Hall–Kier alpha value is -3.60. The second kappa shape index (κ2) is 7.96. The number of fused-ring (bicyclic) bond motifs is 1. The molecular weight excluding hydrogens is 352 g/mol. The van der Waals surface area contributed by atoms with Gasteiger partial charge in [0.25, 0.3) is 5.91 Å². The monoisotopic (exact) mass is 372 g/mol. The van der Waals surface area contributed by atoms with Crippen molar-refractivity contribution in [1.82, 2.24) is 4.90 Å². The number of nitrogens with zero attached hydrogens (tertiary/aromatic N) is 1. The molecule has 1 aliphatic heterocycles. The van der Waals surface area contributed by atoms with Crippen LogP contribution in [0.25, 0.3) is 0 Å². The summed E-state index contributed by atoms with van der Waals surface area (Å²) in [5.41, 5.74) is 2.12. The van der Waals surface area contributed by atoms with Gasteiger partial charge >= 0.3 is 0 Å². The number of rotatable bonds is 4. The molecule has 5 nitrogen and oxygen atoms in total. The Balaban J connectivity index is 1.60. The van der Waals surface area contributed by atoms with Gasteiger partial charge in [0.2, 0.25) is 5.91 Å². The van der Waals surface area contributed by atoms with Crippen LogP contribution in [-0.4, -0.2) is 29.8 Å². The highest BCUT2D eigenvalue weighted by Crippen LogP contribution is 2.31. The quantitative estimate of drug-likeness (QED) is 0.756. The fourth-order valence-corrected chi connectivity index (χ4v) is 3.26. The van der Waals surface area contributed by atoms with Crippen molar-refractivity contribution >= 4 is 17.5 Å². The molecule has 0 unspecified atom stereocenters. The van der Waals surface area contributed by atoms with Gasteiger partial charge in [-0.3, -0.25) is 9.59 Å². The van der Waals surface area contributed by atoms with Crippen molar-refractivity contribution in [3.05, 3.63) is 96.1 Å². The third-order valence-electron chi connectivity index (χ3n) is 4.62. The maximum absolute atomic E-state index is 13.1. The lowest BCUT2D eigenvalue weighted by Crippen LogP contribution is -2.39. The predicted molar refractivity (Wildman–Crippen MR) is 107 cm³/mol. The van der Waals surface area contributed by atoms with Crippen LogP contribution in [0.2, 0.25) is 0 Å². The average molecular weight is 372 g/mol. The highest BCUT2D eigenvalue weighted by Gasteiger charge is 2.30. The molecule has 1 N–H and O–H groups in total. The largest absolute Gasteiger partial charge is 0.483 e. The minimum atomic E-state index is -0.349. The lowest BCUT2D eigenvalue weighted by atomic mass is 10.1. The summed E-state index contributed by atoms with van der Waals surface area (Å²) in [6.45, 7) is 0.245. The van der Waals surface area contributed by atoms with Gasteiger partial charge in [0.05, 0.1) is 12.1 Å². The summed E-state index contributed by atoms with van der Waals surface area (Å²) in [5.74, 6) is 0.0790. The van der Waals surface area contributed by atoms with Gasteiger partial charge in [-0.15, -0.1) is 0 Å². The standard InChI is InChI=1S/C23H20N2O3/c26-22(24-18-11-5-2-6-12-18)16-25-15-21(17-9-3-1-4-10-17)28-20-14-8-7-13-19(20)23(25)27/h1-14,21H,15-16H2,(H,24,26)/t21-/m0/s1. The molecule has 0 bridgehead atoms. The van der Waals surface area contributed by atoms with E-state index in [0.717, 1.165) is 5.56 Å². The maximum atomic E-state index is 13.1. The predicted octanol–water partition coefficient (Wildman–Crippen LogP) is 3.90. The fourth-order valence-electron chi connectivity index (χ4n) is 3.26. The molecular formula is C23H20N2O3. The molecule has 4 rings (SSSR count). The van der Waals surface area contributed by atoms with E-state index in [2.05, 4.69) is 5.32 Å². The summed E-state index contributed by atoms with van der Waals surface area (Å²) in [4.78, 5) is 27.2. The van der Waals surface area contributed by atoms with Gasteiger partial charge in [-0.2, -0.15) is 0 Å². The Labute approximate surface area is 163 Å². The van der Waals surface area contributed by atoms with E-state index in [4.69, 9.17) is 4.74 Å². The topological polar surface area (TPSA) is 58.6 Å². The number of carbonyl (C=O) groups is 2. The molecule has 3 aromatic carbocycles. The van der Waals surface area contributed by atoms with Crippen molar-refractivity contribution in [3.8, 4) is 5.75 Å². The zero-order valence-corrected chi connectivity index (χ0v) is 15.2. The molecule has 5 heteroatoms. The van der Waals surface area contributed by atoms with Crippen LogP contribution in [0.4, 0.5) is 5.69 Å². The van der Waals surface area contributed by atoms with Crippen molar-refractivity contribution in [2.24, 2.45) is 0 Å². The van der Waals surface area contributed by atoms with Crippen molar-refractivity contribution in [1.29, 1.82) is 0 Å². The molecule has 140 valence electrons. The highest BCUT2D eigenvalue weighted by molar-refractivity contribution is 6.01. The number of amides is 2. The number of carbonyl (C=O) groups excluding carboxylic acids is 2. The van der Waals surface area contributed by atoms with E-state index in [1.807, 2.05) is 66.7 Å². The maximum Gasteiger partial charge on any atom is 0.258 e. The van der Waals surface area contributed by atoms with Crippen molar-refractivity contribution < 1.29 is 14.3 Å². The Morgan fingerprint density at radius 2 is 1.57 bits per heavy atom. The molecule has 0 saturated carbocycles. The van der Waals surface area contributed by atoms with E-state index in [-0.39, 0.29) is 24.5 Å². The van der Waals surface area contributed by atoms with E-state index < -0.39 is 0 Å². The number of benzene rings is 3. The Bertz CT molecular complexity index is 973. The highest BCUT2D eigenvalue weighted by atomic mass is 16.5. The Morgan fingerprint density at radius 1 is 0.929 bits per heavy atom. The van der Waals surface area contributed by atoms with Gasteiger partial charge in [0.15, 0.2) is 0 Å². The van der Waals surface area contributed by atoms with Crippen LogP contribution in [-0.2, 0) is 4.79 Å². The number of hydrogen-bond acceptors (Lipinski definition) is 3. The molecule has 0 fully saturated rings. The van der Waals surface area contributed by atoms with Gasteiger partial charge in [-0.05, 0) is 29.8 Å². The number of ether oxygens (including phenoxy) is 1. The molecule has 0 aromatic heterocycles. The lowest BCUT2D eigenvalue weighted by molar-refractivity contribution is -0.117. The summed E-state index contributed by atoms with van der Waals surface area (Å²) in [7, 11) is 0. The molecule has 1 atom stereocenters. The molecule has 2 amide bonds. The minimum Gasteiger partial charge on any atom is -0.483 e. The first-order valence-corrected chi connectivity index (χ1v) is 9.15. The van der Waals surface area contributed by atoms with E-state index in [9.17, 15) is 9.59 Å². The Kier molecular flexibility index (Phi) is 5.06. The van der Waals surface area contributed by atoms with Crippen molar-refractivity contribution in [2.75, 3.05) is 18.4 Å². The van der Waals surface area contributed by atoms with E-state index in [1.165, 1.54) is 0 Å². The molecule has 0 spiro atoms. The van der Waals surface area contributed by atoms with Crippen LogP contribution in [0.1, 0.15) is 22.0 Å². The van der Waals surface area contributed by atoms with E-state index in [1.54, 1.807) is 23.1 Å². The third-order valence-corrected chi connectivity index (χ3v) is 4.62. The normalized spacial score (nSPS) is 15.9. The van der Waals surface area contributed by atoms with Crippen LogP contribution in [0.15, 0.2) is 84.9 Å². The van der Waals surface area contributed by atoms with Gasteiger partial charge in [0, 0.05) is 5.69 Å². The average Bonchev–Trinajstić information content (AvgIpc) is 2.87. The van der Waals surface area contributed by atoms with Crippen LogP contribution in [0, 0.1) is 0 Å². The van der Waals surface area contributed by atoms with Gasteiger partial charge in [-0.1, -0.05) is 60.7 Å². The van der Waals surface area contributed by atoms with Gasteiger partial charge < -0.3 is 15.0 Å². The molecule has 0 radical (unpaired) electrons. The Morgan fingerprint density at radius 3 is 2.32 bits per heavy atom.